The summed E-state index contributed by atoms with van der Waals surface area (Å²) in [6, 6.07) is 0. The highest BCUT2D eigenvalue weighted by molar-refractivity contribution is 7.13. The fourth-order valence-electron chi connectivity index (χ4n) is 0.965. The fourth-order valence-corrected chi connectivity index (χ4v) is 1.49. The van der Waals surface area contributed by atoms with Crippen LogP contribution < -0.4 is 11.1 Å². The number of amides is 1. The molecule has 0 radical (unpaired) electrons. The third-order valence-corrected chi connectivity index (χ3v) is 2.28. The second-order valence-corrected chi connectivity index (χ2v) is 3.48. The van der Waals surface area contributed by atoms with Gasteiger partial charge in [-0.25, -0.2) is 15.0 Å². The largest absolute Gasteiger partial charge is 0.382 e. The number of carbonyl (C=O) groups excluding carboxylic acids is 1. The Hall–Kier alpha value is -2.02. The van der Waals surface area contributed by atoms with Gasteiger partial charge >= 0.3 is 0 Å². The van der Waals surface area contributed by atoms with Gasteiger partial charge in [0.25, 0.3) is 5.91 Å². The summed E-state index contributed by atoms with van der Waals surface area (Å²) in [5, 5.41) is 4.83. The Kier molecular flexibility index (Phi) is 2.55. The van der Waals surface area contributed by atoms with Crippen molar-refractivity contribution < 1.29 is 4.79 Å². The average Bonchev–Trinajstić information content (AvgIpc) is 2.71. The van der Waals surface area contributed by atoms with E-state index < -0.39 is 5.91 Å². The van der Waals surface area contributed by atoms with E-state index in [1.54, 1.807) is 11.6 Å². The molecule has 2 aromatic heterocycles. The van der Waals surface area contributed by atoms with Gasteiger partial charge in [-0.05, 0) is 0 Å². The monoisotopic (exact) mass is 221 g/mol. The first kappa shape index (κ1) is 9.53. The van der Waals surface area contributed by atoms with Crippen molar-refractivity contribution in [3.63, 3.8) is 0 Å². The Bertz CT molecular complexity index is 470. The first-order valence-corrected chi connectivity index (χ1v) is 4.92. The number of nitrogen functional groups attached to an aromatic ring is 1. The van der Waals surface area contributed by atoms with E-state index in [1.807, 2.05) is 0 Å². The molecule has 2 heterocycles. The first-order valence-electron chi connectivity index (χ1n) is 4.04. The summed E-state index contributed by atoms with van der Waals surface area (Å²) in [6.07, 6.45) is 4.43. The molecule has 2 aromatic rings. The van der Waals surface area contributed by atoms with Crippen LogP contribution in [0.4, 0.5) is 10.9 Å². The molecule has 0 aliphatic heterocycles. The third-order valence-electron chi connectivity index (χ3n) is 1.59. The second-order valence-electron chi connectivity index (χ2n) is 2.58. The molecule has 0 saturated carbocycles. The Labute approximate surface area is 89.2 Å². The maximum absolute atomic E-state index is 11.6. The number of aromatic nitrogens is 3. The van der Waals surface area contributed by atoms with Crippen LogP contribution in [0.15, 0.2) is 24.0 Å². The van der Waals surface area contributed by atoms with Gasteiger partial charge in [0.1, 0.15) is 0 Å². The summed E-state index contributed by atoms with van der Waals surface area (Å²) in [4.78, 5) is 23.1. The summed E-state index contributed by atoms with van der Waals surface area (Å²) in [6.45, 7) is 0. The van der Waals surface area contributed by atoms with Gasteiger partial charge in [0.2, 0.25) is 0 Å². The van der Waals surface area contributed by atoms with E-state index in [9.17, 15) is 4.79 Å². The zero-order chi connectivity index (χ0) is 10.7. The molecule has 0 bridgehead atoms. The maximum atomic E-state index is 11.6. The summed E-state index contributed by atoms with van der Waals surface area (Å²) in [5.74, 6) is -0.304. The summed E-state index contributed by atoms with van der Waals surface area (Å²) < 4.78 is 0. The van der Waals surface area contributed by atoms with Gasteiger partial charge in [0, 0.05) is 24.0 Å². The highest BCUT2D eigenvalue weighted by Crippen LogP contribution is 2.12. The summed E-state index contributed by atoms with van der Waals surface area (Å²) in [7, 11) is 0. The number of hydrogen-bond acceptors (Lipinski definition) is 6. The molecule has 0 saturated heterocycles. The normalized spacial score (nSPS) is 9.87. The summed E-state index contributed by atoms with van der Waals surface area (Å²) >= 11 is 1.32. The topological polar surface area (TPSA) is 93.8 Å². The Morgan fingerprint density at radius 1 is 1.27 bits per heavy atom. The van der Waals surface area contributed by atoms with Gasteiger partial charge in [-0.15, -0.1) is 11.3 Å². The standard InChI is InChI=1S/C8H7N5OS/c9-6-5(10-1-2-11-6)7(14)13-8-12-3-4-15-8/h1-4H,(H2,9,11)(H,12,13,14). The highest BCUT2D eigenvalue weighted by atomic mass is 32.1. The molecule has 0 aliphatic rings. The number of carbonyl (C=O) groups is 1. The van der Waals surface area contributed by atoms with Gasteiger partial charge in [0.05, 0.1) is 0 Å². The van der Waals surface area contributed by atoms with E-state index in [4.69, 9.17) is 5.73 Å². The van der Waals surface area contributed by atoms with Crippen molar-refractivity contribution in [3.05, 3.63) is 29.7 Å². The number of anilines is 2. The number of hydrogen-bond donors (Lipinski definition) is 2. The average molecular weight is 221 g/mol. The van der Waals surface area contributed by atoms with E-state index >= 15 is 0 Å². The number of thiazole rings is 1. The van der Waals surface area contributed by atoms with Gasteiger partial charge < -0.3 is 5.73 Å². The van der Waals surface area contributed by atoms with Gasteiger partial charge in [0.15, 0.2) is 16.6 Å². The minimum atomic E-state index is -0.407. The zero-order valence-corrected chi connectivity index (χ0v) is 8.36. The van der Waals surface area contributed by atoms with Crippen LogP contribution in [0.25, 0.3) is 0 Å². The van der Waals surface area contributed by atoms with Crippen LogP contribution in [0, 0.1) is 0 Å². The van der Waals surface area contributed by atoms with Crippen molar-refractivity contribution in [2.24, 2.45) is 0 Å². The van der Waals surface area contributed by atoms with Crippen LogP contribution in [-0.2, 0) is 0 Å². The van der Waals surface area contributed by atoms with Crippen LogP contribution in [0.2, 0.25) is 0 Å². The molecule has 0 aliphatic carbocycles. The zero-order valence-electron chi connectivity index (χ0n) is 7.54. The van der Waals surface area contributed by atoms with Crippen LogP contribution in [0.1, 0.15) is 10.5 Å². The van der Waals surface area contributed by atoms with E-state index in [0.717, 1.165) is 0 Å². The Morgan fingerprint density at radius 2 is 2.07 bits per heavy atom. The van der Waals surface area contributed by atoms with Crippen LogP contribution in [0.5, 0.6) is 0 Å². The molecule has 0 aromatic carbocycles. The lowest BCUT2D eigenvalue weighted by Crippen LogP contribution is -2.16. The third kappa shape index (κ3) is 2.08. The van der Waals surface area contributed by atoms with Crippen molar-refractivity contribution in [1.29, 1.82) is 0 Å². The van der Waals surface area contributed by atoms with Crippen molar-refractivity contribution in [2.75, 3.05) is 11.1 Å². The second kappa shape index (κ2) is 4.01. The van der Waals surface area contributed by atoms with E-state index in [2.05, 4.69) is 20.3 Å². The molecule has 1 amide bonds. The lowest BCUT2D eigenvalue weighted by atomic mass is 10.4. The number of rotatable bonds is 2. The fraction of sp³-hybridized carbons (Fsp3) is 0. The predicted molar refractivity (Wildman–Crippen MR) is 56.5 cm³/mol. The molecule has 0 atom stereocenters. The molecule has 7 heteroatoms. The Morgan fingerprint density at radius 3 is 2.73 bits per heavy atom. The molecule has 6 nitrogen and oxygen atoms in total. The van der Waals surface area contributed by atoms with Crippen LogP contribution in [0.3, 0.4) is 0 Å². The molecule has 3 N–H and O–H groups in total. The number of nitrogens with two attached hydrogens (primary N) is 1. The van der Waals surface area contributed by atoms with Crippen molar-refractivity contribution in [3.8, 4) is 0 Å². The molecular formula is C8H7N5OS. The van der Waals surface area contributed by atoms with Crippen molar-refractivity contribution in [1.82, 2.24) is 15.0 Å². The quantitative estimate of drug-likeness (QED) is 0.781. The first-order chi connectivity index (χ1) is 7.27. The number of nitrogens with one attached hydrogen (secondary N) is 1. The minimum Gasteiger partial charge on any atom is -0.382 e. The van der Waals surface area contributed by atoms with Crippen LogP contribution in [-0.4, -0.2) is 20.9 Å². The molecular weight excluding hydrogens is 214 g/mol. The minimum absolute atomic E-state index is 0.103. The maximum Gasteiger partial charge on any atom is 0.279 e. The Balaban J connectivity index is 2.19. The molecule has 76 valence electrons. The van der Waals surface area contributed by atoms with Gasteiger partial charge in [-0.3, -0.25) is 10.1 Å². The van der Waals surface area contributed by atoms with E-state index in [0.29, 0.717) is 5.13 Å². The van der Waals surface area contributed by atoms with Gasteiger partial charge in [-0.2, -0.15) is 0 Å². The lowest BCUT2D eigenvalue weighted by molar-refractivity contribution is 0.102. The van der Waals surface area contributed by atoms with E-state index in [1.165, 1.54) is 23.7 Å². The van der Waals surface area contributed by atoms with Crippen molar-refractivity contribution in [2.45, 2.75) is 0 Å². The molecule has 0 spiro atoms. The van der Waals surface area contributed by atoms with E-state index in [-0.39, 0.29) is 11.5 Å². The van der Waals surface area contributed by atoms with Crippen LogP contribution >= 0.6 is 11.3 Å². The molecule has 0 unspecified atom stereocenters. The van der Waals surface area contributed by atoms with Crippen molar-refractivity contribution >= 4 is 28.2 Å². The predicted octanol–water partition coefficient (Wildman–Crippen LogP) is 0.768. The lowest BCUT2D eigenvalue weighted by Gasteiger charge is -2.01. The molecule has 2 rings (SSSR count). The summed E-state index contributed by atoms with van der Waals surface area (Å²) in [5.41, 5.74) is 5.60. The molecule has 0 fully saturated rings. The highest BCUT2D eigenvalue weighted by Gasteiger charge is 2.12. The smallest absolute Gasteiger partial charge is 0.279 e. The van der Waals surface area contributed by atoms with Gasteiger partial charge in [-0.1, -0.05) is 0 Å². The SMILES string of the molecule is Nc1nccnc1C(=O)Nc1nccs1. The molecule has 15 heavy (non-hydrogen) atoms. The number of nitrogens with zero attached hydrogens (tertiary/aromatic N) is 3.